The fourth-order valence-corrected chi connectivity index (χ4v) is 4.78. The first kappa shape index (κ1) is 22.1. The summed E-state index contributed by atoms with van der Waals surface area (Å²) < 4.78 is 5.06. The average Bonchev–Trinajstić information content (AvgIpc) is 3.41. The van der Waals surface area contributed by atoms with E-state index in [9.17, 15) is 4.79 Å². The van der Waals surface area contributed by atoms with Crippen LogP contribution < -0.4 is 11.4 Å². The van der Waals surface area contributed by atoms with Crippen molar-refractivity contribution in [2.75, 3.05) is 5.84 Å². The Hall–Kier alpha value is -3.66. The van der Waals surface area contributed by atoms with Crippen molar-refractivity contribution in [3.05, 3.63) is 70.3 Å². The van der Waals surface area contributed by atoms with Gasteiger partial charge in [-0.3, -0.25) is 13.8 Å². The predicted molar refractivity (Wildman–Crippen MR) is 134 cm³/mol. The Kier molecular flexibility index (Phi) is 5.40. The van der Waals surface area contributed by atoms with Gasteiger partial charge in [-0.15, -0.1) is 20.4 Å². The molecule has 34 heavy (non-hydrogen) atoms. The van der Waals surface area contributed by atoms with Crippen molar-refractivity contribution in [1.82, 2.24) is 34.0 Å². The zero-order chi connectivity index (χ0) is 24.0. The molecule has 0 amide bonds. The lowest BCUT2D eigenvalue weighted by atomic mass is 9.87. The standard InChI is InChI=1S/C24H26N8OS/c1-5-30-21(33)17-8-6-7-9-18(17)31-19(26-28-22(30)31)14-34-23-29-27-20(32(23)25)15-10-12-16(13-11-15)24(2,3)4/h6-13H,5,14,25H2,1-4H3. The summed E-state index contributed by atoms with van der Waals surface area (Å²) >= 11 is 1.42. The van der Waals surface area contributed by atoms with Crippen molar-refractivity contribution in [3.63, 3.8) is 0 Å². The Morgan fingerprint density at radius 1 is 0.971 bits per heavy atom. The molecule has 0 fully saturated rings. The molecule has 10 heteroatoms. The van der Waals surface area contributed by atoms with E-state index < -0.39 is 0 Å². The summed E-state index contributed by atoms with van der Waals surface area (Å²) in [7, 11) is 0. The van der Waals surface area contributed by atoms with E-state index in [4.69, 9.17) is 5.84 Å². The number of para-hydroxylation sites is 1. The van der Waals surface area contributed by atoms with Gasteiger partial charge < -0.3 is 5.84 Å². The Labute approximate surface area is 200 Å². The number of hydrogen-bond donors (Lipinski definition) is 1. The number of nitrogen functional groups attached to an aromatic ring is 1. The maximum atomic E-state index is 12.9. The van der Waals surface area contributed by atoms with Crippen LogP contribution in [0.4, 0.5) is 0 Å². The summed E-state index contributed by atoms with van der Waals surface area (Å²) in [6.07, 6.45) is 0. The van der Waals surface area contributed by atoms with Gasteiger partial charge in [-0.05, 0) is 30.0 Å². The Morgan fingerprint density at radius 2 is 1.71 bits per heavy atom. The second kappa shape index (κ2) is 8.28. The van der Waals surface area contributed by atoms with E-state index in [-0.39, 0.29) is 11.0 Å². The smallest absolute Gasteiger partial charge is 0.262 e. The van der Waals surface area contributed by atoms with E-state index in [0.717, 1.165) is 11.1 Å². The van der Waals surface area contributed by atoms with Crippen LogP contribution in [0.1, 0.15) is 39.1 Å². The highest BCUT2D eigenvalue weighted by atomic mass is 32.2. The van der Waals surface area contributed by atoms with Crippen LogP contribution in [-0.2, 0) is 17.7 Å². The number of aromatic nitrogens is 7. The van der Waals surface area contributed by atoms with E-state index in [1.54, 1.807) is 4.57 Å². The number of fused-ring (bicyclic) bond motifs is 3. The molecule has 0 atom stereocenters. The van der Waals surface area contributed by atoms with Gasteiger partial charge in [0.25, 0.3) is 5.56 Å². The maximum absolute atomic E-state index is 12.9. The molecular weight excluding hydrogens is 448 g/mol. The summed E-state index contributed by atoms with van der Waals surface area (Å²) in [4.78, 5) is 12.9. The Bertz CT molecular complexity index is 1560. The summed E-state index contributed by atoms with van der Waals surface area (Å²) in [5.41, 5.74) is 2.93. The van der Waals surface area contributed by atoms with Gasteiger partial charge in [-0.1, -0.05) is 68.9 Å². The minimum atomic E-state index is -0.0685. The number of rotatable bonds is 5. The second-order valence-corrected chi connectivity index (χ2v) is 10.1. The lowest BCUT2D eigenvalue weighted by Crippen LogP contribution is -2.22. The topological polar surface area (TPSA) is 109 Å². The van der Waals surface area contributed by atoms with Crippen molar-refractivity contribution in [2.45, 2.75) is 50.6 Å². The van der Waals surface area contributed by atoms with E-state index in [0.29, 0.717) is 40.3 Å². The van der Waals surface area contributed by atoms with Gasteiger partial charge in [-0.2, -0.15) is 0 Å². The first-order valence-corrected chi connectivity index (χ1v) is 12.1. The number of hydrogen-bond acceptors (Lipinski definition) is 7. The molecule has 5 aromatic rings. The third kappa shape index (κ3) is 3.63. The highest BCUT2D eigenvalue weighted by Gasteiger charge is 2.19. The Balaban J connectivity index is 1.47. The van der Waals surface area contributed by atoms with Gasteiger partial charge in [0.05, 0.1) is 16.7 Å². The van der Waals surface area contributed by atoms with Crippen molar-refractivity contribution >= 4 is 28.4 Å². The van der Waals surface area contributed by atoms with Crippen molar-refractivity contribution in [1.29, 1.82) is 0 Å². The van der Waals surface area contributed by atoms with Crippen molar-refractivity contribution < 1.29 is 0 Å². The number of thioether (sulfide) groups is 1. The molecule has 2 aromatic carbocycles. The molecule has 0 spiro atoms. The first-order chi connectivity index (χ1) is 16.3. The molecule has 174 valence electrons. The van der Waals surface area contributed by atoms with E-state index in [1.165, 1.54) is 22.0 Å². The maximum Gasteiger partial charge on any atom is 0.262 e. The minimum absolute atomic E-state index is 0.0685. The Morgan fingerprint density at radius 3 is 2.41 bits per heavy atom. The minimum Gasteiger partial charge on any atom is -0.335 e. The fourth-order valence-electron chi connectivity index (χ4n) is 4.01. The summed E-state index contributed by atoms with van der Waals surface area (Å²) in [6.45, 7) is 8.97. The molecule has 3 heterocycles. The molecule has 0 saturated carbocycles. The molecule has 5 rings (SSSR count). The molecule has 0 aliphatic rings. The van der Waals surface area contributed by atoms with Gasteiger partial charge in [0.2, 0.25) is 10.9 Å². The van der Waals surface area contributed by atoms with Crippen molar-refractivity contribution in [3.8, 4) is 11.4 Å². The molecule has 0 radical (unpaired) electrons. The molecule has 0 bridgehead atoms. The molecular formula is C24H26N8OS. The lowest BCUT2D eigenvalue weighted by molar-refractivity contribution is 0.590. The predicted octanol–water partition coefficient (Wildman–Crippen LogP) is 3.63. The zero-order valence-corrected chi connectivity index (χ0v) is 20.4. The summed E-state index contributed by atoms with van der Waals surface area (Å²) in [6, 6.07) is 15.7. The van der Waals surface area contributed by atoms with E-state index in [2.05, 4.69) is 53.3 Å². The number of nitrogens with two attached hydrogens (primary N) is 1. The van der Waals surface area contributed by atoms with Crippen LogP contribution in [0, 0.1) is 0 Å². The SMILES string of the molecule is CCn1c(=O)c2ccccc2n2c(CSc3nnc(-c4ccc(C(C)(C)C)cc4)n3N)nnc12. The third-order valence-electron chi connectivity index (χ3n) is 5.90. The number of nitrogens with zero attached hydrogens (tertiary/aromatic N) is 7. The van der Waals surface area contributed by atoms with Gasteiger partial charge in [-0.25, -0.2) is 4.68 Å². The van der Waals surface area contributed by atoms with Gasteiger partial charge in [0, 0.05) is 12.1 Å². The lowest BCUT2D eigenvalue weighted by Gasteiger charge is -2.19. The van der Waals surface area contributed by atoms with Crippen LogP contribution in [-0.4, -0.2) is 34.0 Å². The molecule has 9 nitrogen and oxygen atoms in total. The largest absolute Gasteiger partial charge is 0.335 e. The second-order valence-electron chi connectivity index (χ2n) is 9.11. The number of aryl methyl sites for hydroxylation is 1. The summed E-state index contributed by atoms with van der Waals surface area (Å²) in [5, 5.41) is 18.5. The van der Waals surface area contributed by atoms with Crippen molar-refractivity contribution in [2.24, 2.45) is 0 Å². The van der Waals surface area contributed by atoms with Gasteiger partial charge >= 0.3 is 0 Å². The van der Waals surface area contributed by atoms with Crippen LogP contribution in [0.15, 0.2) is 58.5 Å². The molecule has 0 saturated heterocycles. The van der Waals surface area contributed by atoms with E-state index in [1.807, 2.05) is 47.7 Å². The number of benzene rings is 2. The molecule has 2 N–H and O–H groups in total. The normalized spacial score (nSPS) is 12.1. The van der Waals surface area contributed by atoms with E-state index >= 15 is 0 Å². The van der Waals surface area contributed by atoms with Crippen LogP contribution in [0.2, 0.25) is 0 Å². The van der Waals surface area contributed by atoms with Crippen LogP contribution in [0.25, 0.3) is 28.1 Å². The molecule has 0 aliphatic carbocycles. The first-order valence-electron chi connectivity index (χ1n) is 11.1. The molecule has 0 aliphatic heterocycles. The van der Waals surface area contributed by atoms with Gasteiger partial charge in [0.1, 0.15) is 5.82 Å². The third-order valence-corrected chi connectivity index (χ3v) is 6.83. The van der Waals surface area contributed by atoms with Crippen LogP contribution in [0.5, 0.6) is 0 Å². The average molecular weight is 475 g/mol. The monoisotopic (exact) mass is 474 g/mol. The molecule has 0 unspecified atom stereocenters. The highest BCUT2D eigenvalue weighted by molar-refractivity contribution is 7.98. The summed E-state index contributed by atoms with van der Waals surface area (Å²) in [5.74, 6) is 8.64. The zero-order valence-electron chi connectivity index (χ0n) is 19.6. The highest BCUT2D eigenvalue weighted by Crippen LogP contribution is 2.28. The fraction of sp³-hybridized carbons (Fsp3) is 0.292. The van der Waals surface area contributed by atoms with Crippen LogP contribution >= 0.6 is 11.8 Å². The molecule has 3 aromatic heterocycles. The van der Waals surface area contributed by atoms with Gasteiger partial charge in [0.15, 0.2) is 5.82 Å². The van der Waals surface area contributed by atoms with Crippen LogP contribution in [0.3, 0.4) is 0 Å². The quantitative estimate of drug-likeness (QED) is 0.306.